The zero-order chi connectivity index (χ0) is 32.8. The summed E-state index contributed by atoms with van der Waals surface area (Å²) in [6.45, 7) is 10.7. The van der Waals surface area contributed by atoms with Crippen molar-refractivity contribution in [3.8, 4) is 28.6 Å². The fraction of sp³-hybridized carbons (Fsp3) is 0.333. The first-order valence-electron chi connectivity index (χ1n) is 14.5. The maximum absolute atomic E-state index is 13.8. The number of aryl methyl sites for hydroxylation is 1. The molecule has 0 saturated carbocycles. The molecule has 0 bridgehead atoms. The highest BCUT2D eigenvalue weighted by Gasteiger charge is 2.24. The first-order valence-corrected chi connectivity index (χ1v) is 14.5. The van der Waals surface area contributed by atoms with Crippen LogP contribution in [0, 0.1) is 17.0 Å². The van der Waals surface area contributed by atoms with E-state index < -0.39 is 28.7 Å². The molecule has 0 aliphatic carbocycles. The first-order chi connectivity index (χ1) is 21.4. The average Bonchev–Trinajstić information content (AvgIpc) is 2.99. The zero-order valence-corrected chi connectivity index (χ0v) is 26.3. The summed E-state index contributed by atoms with van der Waals surface area (Å²) in [5.41, 5.74) is 2.31. The van der Waals surface area contributed by atoms with Crippen LogP contribution in [0.15, 0.2) is 58.4 Å². The van der Waals surface area contributed by atoms with Crippen LogP contribution in [-0.4, -0.2) is 53.2 Å². The summed E-state index contributed by atoms with van der Waals surface area (Å²) in [7, 11) is 1.61. The SMILES string of the molecule is CCOc1cc(C=Nn2c(-c3cc(C(C)C)c(OC)cc3C)nc3ccccc3c2=O)cc([N+](=O)[O-])c1OCC(=O)OC(C)C. The van der Waals surface area contributed by atoms with Gasteiger partial charge in [0.25, 0.3) is 5.56 Å². The Kier molecular flexibility index (Phi) is 10.2. The molecule has 4 aromatic rings. The molecule has 45 heavy (non-hydrogen) atoms. The number of carbonyl (C=O) groups excluding carboxylic acids is 1. The number of nitro groups is 1. The molecular formula is C33H36N4O8. The largest absolute Gasteiger partial charge is 0.496 e. The molecule has 0 N–H and O–H groups in total. The van der Waals surface area contributed by atoms with Gasteiger partial charge in [0.2, 0.25) is 5.75 Å². The number of nitrogens with zero attached hydrogens (tertiary/aromatic N) is 4. The third-order valence-electron chi connectivity index (χ3n) is 6.77. The fourth-order valence-electron chi connectivity index (χ4n) is 4.75. The van der Waals surface area contributed by atoms with E-state index in [-0.39, 0.29) is 35.7 Å². The molecule has 236 valence electrons. The lowest BCUT2D eigenvalue weighted by atomic mass is 9.96. The van der Waals surface area contributed by atoms with Gasteiger partial charge in [0.15, 0.2) is 18.2 Å². The topological polar surface area (TPSA) is 144 Å². The van der Waals surface area contributed by atoms with E-state index in [0.717, 1.165) is 16.9 Å². The number of hydrogen-bond acceptors (Lipinski definition) is 10. The average molecular weight is 617 g/mol. The van der Waals surface area contributed by atoms with E-state index in [0.29, 0.717) is 22.3 Å². The molecule has 0 saturated heterocycles. The minimum absolute atomic E-state index is 0.0299. The van der Waals surface area contributed by atoms with Crippen molar-refractivity contribution in [1.29, 1.82) is 0 Å². The highest BCUT2D eigenvalue weighted by atomic mass is 16.6. The Labute approximate surface area is 260 Å². The van der Waals surface area contributed by atoms with Crippen molar-refractivity contribution in [1.82, 2.24) is 9.66 Å². The number of benzene rings is 3. The second-order valence-electron chi connectivity index (χ2n) is 10.8. The molecule has 3 aromatic carbocycles. The summed E-state index contributed by atoms with van der Waals surface area (Å²) in [5, 5.41) is 16.9. The van der Waals surface area contributed by atoms with Crippen molar-refractivity contribution in [2.75, 3.05) is 20.3 Å². The van der Waals surface area contributed by atoms with E-state index in [1.165, 1.54) is 23.0 Å². The normalized spacial score (nSPS) is 11.4. The van der Waals surface area contributed by atoms with Gasteiger partial charge >= 0.3 is 11.7 Å². The van der Waals surface area contributed by atoms with Gasteiger partial charge in [-0.05, 0) is 75.1 Å². The Morgan fingerprint density at radius 3 is 2.47 bits per heavy atom. The molecule has 0 fully saturated rings. The summed E-state index contributed by atoms with van der Waals surface area (Å²) in [6.07, 6.45) is 0.938. The van der Waals surface area contributed by atoms with Crippen molar-refractivity contribution in [2.24, 2.45) is 5.10 Å². The number of aromatic nitrogens is 2. The Morgan fingerprint density at radius 2 is 1.82 bits per heavy atom. The standard InChI is InChI=1S/C33H36N4O8/c1-8-43-29-15-22(14-27(37(40)41)31(29)44-18-30(38)45-20(4)5)17-34-36-32(35-26-12-10-9-11-23(26)33(36)39)25-16-24(19(2)3)28(42-7)13-21(25)6/h9-17,19-20H,8,18H2,1-7H3. The Hall–Kier alpha value is -5.26. The number of ether oxygens (including phenoxy) is 4. The molecule has 12 nitrogen and oxygen atoms in total. The van der Waals surface area contributed by atoms with Crippen LogP contribution < -0.4 is 19.8 Å². The lowest BCUT2D eigenvalue weighted by Crippen LogP contribution is -2.21. The van der Waals surface area contributed by atoms with E-state index in [1.54, 1.807) is 52.1 Å². The van der Waals surface area contributed by atoms with Gasteiger partial charge in [-0.25, -0.2) is 9.78 Å². The molecule has 0 aliphatic rings. The van der Waals surface area contributed by atoms with Crippen LogP contribution in [0.3, 0.4) is 0 Å². The number of carbonyl (C=O) groups is 1. The maximum Gasteiger partial charge on any atom is 0.344 e. The summed E-state index contributed by atoms with van der Waals surface area (Å²) in [5.74, 6) is 0.258. The quantitative estimate of drug-likeness (QED) is 0.0807. The summed E-state index contributed by atoms with van der Waals surface area (Å²) in [4.78, 5) is 42.1. The number of esters is 1. The van der Waals surface area contributed by atoms with Gasteiger partial charge in [-0.1, -0.05) is 26.0 Å². The molecule has 4 rings (SSSR count). The third-order valence-corrected chi connectivity index (χ3v) is 6.77. The highest BCUT2D eigenvalue weighted by molar-refractivity contribution is 5.85. The van der Waals surface area contributed by atoms with Gasteiger partial charge in [0, 0.05) is 17.2 Å². The molecule has 1 aromatic heterocycles. The summed E-state index contributed by atoms with van der Waals surface area (Å²) < 4.78 is 23.0. The molecule has 12 heteroatoms. The van der Waals surface area contributed by atoms with Crippen molar-refractivity contribution < 1.29 is 28.7 Å². The molecule has 0 atom stereocenters. The third kappa shape index (κ3) is 7.28. The highest BCUT2D eigenvalue weighted by Crippen LogP contribution is 2.38. The smallest absolute Gasteiger partial charge is 0.344 e. The van der Waals surface area contributed by atoms with Crippen molar-refractivity contribution in [2.45, 2.75) is 53.6 Å². The predicted molar refractivity (Wildman–Crippen MR) is 171 cm³/mol. The van der Waals surface area contributed by atoms with Crippen molar-refractivity contribution >= 4 is 28.8 Å². The predicted octanol–water partition coefficient (Wildman–Crippen LogP) is 6.02. The maximum atomic E-state index is 13.8. The lowest BCUT2D eigenvalue weighted by Gasteiger charge is -2.17. The Bertz CT molecular complexity index is 1830. The first kappa shape index (κ1) is 32.6. The Balaban J connectivity index is 1.88. The van der Waals surface area contributed by atoms with Crippen LogP contribution in [0.4, 0.5) is 5.69 Å². The Morgan fingerprint density at radius 1 is 1.09 bits per heavy atom. The molecular weight excluding hydrogens is 580 g/mol. The number of nitro benzene ring substituents is 1. The number of hydrogen-bond donors (Lipinski definition) is 0. The van der Waals surface area contributed by atoms with Crippen molar-refractivity contribution in [3.05, 3.63) is 85.7 Å². The number of rotatable bonds is 12. The van der Waals surface area contributed by atoms with E-state index >= 15 is 0 Å². The van der Waals surface area contributed by atoms with Crippen LogP contribution in [0.2, 0.25) is 0 Å². The van der Waals surface area contributed by atoms with E-state index in [4.69, 9.17) is 23.9 Å². The van der Waals surface area contributed by atoms with Crippen LogP contribution in [0.5, 0.6) is 17.2 Å². The minimum Gasteiger partial charge on any atom is -0.496 e. The molecule has 0 aliphatic heterocycles. The number of para-hydroxylation sites is 1. The van der Waals surface area contributed by atoms with Gasteiger partial charge in [-0.2, -0.15) is 9.78 Å². The van der Waals surface area contributed by atoms with Gasteiger partial charge in [-0.15, -0.1) is 0 Å². The zero-order valence-electron chi connectivity index (χ0n) is 26.3. The van der Waals surface area contributed by atoms with Gasteiger partial charge in [0.05, 0.1) is 41.9 Å². The van der Waals surface area contributed by atoms with Crippen LogP contribution in [0.25, 0.3) is 22.3 Å². The molecule has 0 amide bonds. The van der Waals surface area contributed by atoms with Gasteiger partial charge in [0.1, 0.15) is 5.75 Å². The second kappa shape index (κ2) is 14.0. The number of methoxy groups -OCH3 is 1. The van der Waals surface area contributed by atoms with Crippen LogP contribution in [0.1, 0.15) is 57.2 Å². The summed E-state index contributed by atoms with van der Waals surface area (Å²) in [6, 6.07) is 13.5. The molecule has 0 unspecified atom stereocenters. The van der Waals surface area contributed by atoms with Gasteiger partial charge < -0.3 is 18.9 Å². The molecule has 0 spiro atoms. The molecule has 0 radical (unpaired) electrons. The van der Waals surface area contributed by atoms with E-state index in [9.17, 15) is 19.7 Å². The summed E-state index contributed by atoms with van der Waals surface area (Å²) >= 11 is 0. The van der Waals surface area contributed by atoms with E-state index in [1.807, 2.05) is 32.9 Å². The molecule has 1 heterocycles. The number of fused-ring (bicyclic) bond motifs is 1. The second-order valence-corrected chi connectivity index (χ2v) is 10.8. The van der Waals surface area contributed by atoms with Crippen LogP contribution in [-0.2, 0) is 9.53 Å². The van der Waals surface area contributed by atoms with Crippen molar-refractivity contribution in [3.63, 3.8) is 0 Å². The lowest BCUT2D eigenvalue weighted by molar-refractivity contribution is -0.385. The minimum atomic E-state index is -0.683. The fourth-order valence-corrected chi connectivity index (χ4v) is 4.75. The van der Waals surface area contributed by atoms with Crippen LogP contribution >= 0.6 is 0 Å². The van der Waals surface area contributed by atoms with E-state index in [2.05, 4.69) is 5.10 Å². The van der Waals surface area contributed by atoms with Gasteiger partial charge in [-0.3, -0.25) is 14.9 Å². The monoisotopic (exact) mass is 616 g/mol.